The molecule has 1 aliphatic rings. The first-order valence-corrected chi connectivity index (χ1v) is 7.82. The highest BCUT2D eigenvalue weighted by Gasteiger charge is 2.19. The van der Waals surface area contributed by atoms with Gasteiger partial charge in [0, 0.05) is 24.1 Å². The molecule has 0 spiro atoms. The van der Waals surface area contributed by atoms with E-state index in [0.29, 0.717) is 22.7 Å². The number of nitrogens with one attached hydrogen (secondary N) is 1. The maximum absolute atomic E-state index is 12.2. The van der Waals surface area contributed by atoms with Gasteiger partial charge in [-0.15, -0.1) is 0 Å². The molecule has 0 saturated heterocycles. The number of amides is 1. The van der Waals surface area contributed by atoms with E-state index in [2.05, 4.69) is 10.3 Å². The molecule has 1 aromatic carbocycles. The fourth-order valence-electron chi connectivity index (χ4n) is 2.73. The minimum Gasteiger partial charge on any atom is -0.493 e. The van der Waals surface area contributed by atoms with Gasteiger partial charge in [-0.05, 0) is 49.9 Å². The molecule has 0 aliphatic heterocycles. The number of anilines is 1. The maximum atomic E-state index is 12.2. The zero-order valence-corrected chi connectivity index (χ0v) is 13.1. The smallest absolute Gasteiger partial charge is 0.257 e. The Bertz CT molecular complexity index is 667. The highest BCUT2D eigenvalue weighted by Crippen LogP contribution is 2.34. The molecule has 3 rings (SSSR count). The number of hydrogen-bond donors (Lipinski definition) is 1. The number of ether oxygens (including phenoxy) is 2. The largest absolute Gasteiger partial charge is 0.493 e. The lowest BCUT2D eigenvalue weighted by Crippen LogP contribution is -2.14. The van der Waals surface area contributed by atoms with Crippen LogP contribution in [0.2, 0.25) is 0 Å². The van der Waals surface area contributed by atoms with Crippen molar-refractivity contribution in [1.82, 2.24) is 4.98 Å². The first-order valence-electron chi connectivity index (χ1n) is 7.82. The summed E-state index contributed by atoms with van der Waals surface area (Å²) in [6.07, 6.45) is 7.93. The summed E-state index contributed by atoms with van der Waals surface area (Å²) in [5.41, 5.74) is 1.19. The summed E-state index contributed by atoms with van der Waals surface area (Å²) in [5, 5.41) is 2.86. The second-order valence-corrected chi connectivity index (χ2v) is 5.59. The van der Waals surface area contributed by atoms with Crippen LogP contribution in [0.4, 0.5) is 5.69 Å². The van der Waals surface area contributed by atoms with Gasteiger partial charge in [-0.3, -0.25) is 9.78 Å². The summed E-state index contributed by atoms with van der Waals surface area (Å²) in [4.78, 5) is 16.2. The van der Waals surface area contributed by atoms with Gasteiger partial charge in [0.15, 0.2) is 11.5 Å². The molecule has 1 heterocycles. The van der Waals surface area contributed by atoms with Gasteiger partial charge in [-0.2, -0.15) is 0 Å². The van der Waals surface area contributed by atoms with E-state index in [-0.39, 0.29) is 12.0 Å². The molecule has 1 aromatic heterocycles. The number of carbonyl (C=O) groups is 1. The van der Waals surface area contributed by atoms with Crippen LogP contribution in [-0.2, 0) is 0 Å². The number of hydrogen-bond acceptors (Lipinski definition) is 4. The monoisotopic (exact) mass is 312 g/mol. The number of carbonyl (C=O) groups excluding carboxylic acids is 1. The number of pyridine rings is 1. The molecule has 0 bridgehead atoms. The lowest BCUT2D eigenvalue weighted by atomic mass is 10.2. The Kier molecular flexibility index (Phi) is 4.76. The van der Waals surface area contributed by atoms with Gasteiger partial charge < -0.3 is 14.8 Å². The van der Waals surface area contributed by atoms with Gasteiger partial charge in [-0.1, -0.05) is 0 Å². The number of benzene rings is 1. The molecule has 0 atom stereocenters. The fraction of sp³-hybridized carbons (Fsp3) is 0.333. The lowest BCUT2D eigenvalue weighted by Gasteiger charge is -2.17. The van der Waals surface area contributed by atoms with Crippen molar-refractivity contribution in [2.75, 3.05) is 12.4 Å². The maximum Gasteiger partial charge on any atom is 0.257 e. The summed E-state index contributed by atoms with van der Waals surface area (Å²) >= 11 is 0. The molecule has 120 valence electrons. The summed E-state index contributed by atoms with van der Waals surface area (Å²) in [6, 6.07) is 8.88. The predicted molar refractivity (Wildman–Crippen MR) is 88.1 cm³/mol. The van der Waals surface area contributed by atoms with Crippen LogP contribution in [0.3, 0.4) is 0 Å². The van der Waals surface area contributed by atoms with Crippen molar-refractivity contribution in [3.05, 3.63) is 48.3 Å². The summed E-state index contributed by atoms with van der Waals surface area (Å²) < 4.78 is 11.4. The summed E-state index contributed by atoms with van der Waals surface area (Å²) in [7, 11) is 1.62. The molecular weight excluding hydrogens is 292 g/mol. The second kappa shape index (κ2) is 7.13. The Balaban J connectivity index is 1.75. The Labute approximate surface area is 135 Å². The standard InChI is InChI=1S/C18H20N2O3/c1-22-16-9-8-14(11-17(16)23-15-6-2-3-7-15)20-18(21)13-5-4-10-19-12-13/h4-5,8-12,15H,2-3,6-7H2,1H3,(H,20,21). The normalized spacial score (nSPS) is 14.5. The van der Waals surface area contributed by atoms with E-state index in [9.17, 15) is 4.79 Å². The third kappa shape index (κ3) is 3.80. The van der Waals surface area contributed by atoms with E-state index in [0.717, 1.165) is 12.8 Å². The topological polar surface area (TPSA) is 60.5 Å². The van der Waals surface area contributed by atoms with E-state index < -0.39 is 0 Å². The van der Waals surface area contributed by atoms with E-state index >= 15 is 0 Å². The third-order valence-electron chi connectivity index (χ3n) is 3.94. The minimum absolute atomic E-state index is 0.199. The first-order chi connectivity index (χ1) is 11.3. The number of methoxy groups -OCH3 is 1. The molecular formula is C18H20N2O3. The highest BCUT2D eigenvalue weighted by atomic mass is 16.5. The molecule has 0 unspecified atom stereocenters. The van der Waals surface area contributed by atoms with Gasteiger partial charge in [0.25, 0.3) is 5.91 Å². The van der Waals surface area contributed by atoms with Gasteiger partial charge in [0.2, 0.25) is 0 Å². The van der Waals surface area contributed by atoms with Gasteiger partial charge >= 0.3 is 0 Å². The number of nitrogens with zero attached hydrogens (tertiary/aromatic N) is 1. The van der Waals surface area contributed by atoms with Crippen LogP contribution < -0.4 is 14.8 Å². The minimum atomic E-state index is -0.199. The van der Waals surface area contributed by atoms with Crippen LogP contribution in [0.15, 0.2) is 42.7 Å². The zero-order valence-electron chi connectivity index (χ0n) is 13.1. The highest BCUT2D eigenvalue weighted by molar-refractivity contribution is 6.04. The zero-order chi connectivity index (χ0) is 16.1. The SMILES string of the molecule is COc1ccc(NC(=O)c2cccnc2)cc1OC1CCCC1. The van der Waals surface area contributed by atoms with Crippen LogP contribution >= 0.6 is 0 Å². The molecule has 1 fully saturated rings. The molecule has 0 radical (unpaired) electrons. The molecule has 5 heteroatoms. The van der Waals surface area contributed by atoms with Crippen LogP contribution in [-0.4, -0.2) is 24.1 Å². The van der Waals surface area contributed by atoms with Crippen LogP contribution in [0.5, 0.6) is 11.5 Å². The predicted octanol–water partition coefficient (Wildman–Crippen LogP) is 3.66. The fourth-order valence-corrected chi connectivity index (χ4v) is 2.73. The Morgan fingerprint density at radius 1 is 1.22 bits per heavy atom. The van der Waals surface area contributed by atoms with Crippen molar-refractivity contribution < 1.29 is 14.3 Å². The van der Waals surface area contributed by atoms with E-state index in [4.69, 9.17) is 9.47 Å². The van der Waals surface area contributed by atoms with Crippen LogP contribution in [0.25, 0.3) is 0 Å². The summed E-state index contributed by atoms with van der Waals surface area (Å²) in [6.45, 7) is 0. The first kappa shape index (κ1) is 15.3. The van der Waals surface area contributed by atoms with E-state index in [1.165, 1.54) is 19.0 Å². The quantitative estimate of drug-likeness (QED) is 0.915. The van der Waals surface area contributed by atoms with Gasteiger partial charge in [0.05, 0.1) is 18.8 Å². The Hall–Kier alpha value is -2.56. The molecule has 1 amide bonds. The van der Waals surface area contributed by atoms with E-state index in [1.807, 2.05) is 12.1 Å². The Morgan fingerprint density at radius 2 is 2.04 bits per heavy atom. The average molecular weight is 312 g/mol. The van der Waals surface area contributed by atoms with Crippen molar-refractivity contribution in [3.63, 3.8) is 0 Å². The lowest BCUT2D eigenvalue weighted by molar-refractivity contribution is 0.102. The van der Waals surface area contributed by atoms with E-state index in [1.54, 1.807) is 31.5 Å². The molecule has 5 nitrogen and oxygen atoms in total. The average Bonchev–Trinajstić information content (AvgIpc) is 3.09. The molecule has 23 heavy (non-hydrogen) atoms. The molecule has 2 aromatic rings. The van der Waals surface area contributed by atoms with Crippen molar-refractivity contribution in [1.29, 1.82) is 0 Å². The van der Waals surface area contributed by atoms with Crippen LogP contribution in [0, 0.1) is 0 Å². The van der Waals surface area contributed by atoms with Crippen molar-refractivity contribution in [3.8, 4) is 11.5 Å². The number of rotatable bonds is 5. The summed E-state index contributed by atoms with van der Waals surface area (Å²) in [5.74, 6) is 1.15. The van der Waals surface area contributed by atoms with Crippen molar-refractivity contribution in [2.45, 2.75) is 31.8 Å². The third-order valence-corrected chi connectivity index (χ3v) is 3.94. The molecule has 1 saturated carbocycles. The number of aromatic nitrogens is 1. The van der Waals surface area contributed by atoms with Crippen molar-refractivity contribution in [2.24, 2.45) is 0 Å². The van der Waals surface area contributed by atoms with Gasteiger partial charge in [-0.25, -0.2) is 0 Å². The van der Waals surface area contributed by atoms with Crippen molar-refractivity contribution >= 4 is 11.6 Å². The molecule has 1 aliphatic carbocycles. The molecule has 1 N–H and O–H groups in total. The second-order valence-electron chi connectivity index (χ2n) is 5.59. The van der Waals surface area contributed by atoms with Crippen LogP contribution in [0.1, 0.15) is 36.0 Å². The van der Waals surface area contributed by atoms with Gasteiger partial charge in [0.1, 0.15) is 0 Å². The Morgan fingerprint density at radius 3 is 2.74 bits per heavy atom.